The molecule has 0 aliphatic carbocycles. The average molecular weight is 192 g/mol. The summed E-state index contributed by atoms with van der Waals surface area (Å²) < 4.78 is 0. The molecule has 0 saturated heterocycles. The van der Waals surface area contributed by atoms with Crippen LogP contribution < -0.4 is 0 Å². The highest BCUT2D eigenvalue weighted by atomic mass is 16.1. The zero-order valence-electron chi connectivity index (χ0n) is 8.95. The van der Waals surface area contributed by atoms with E-state index in [4.69, 9.17) is 0 Å². The largest absolute Gasteiger partial charge is 0.300 e. The number of carbonyl (C=O) groups excluding carboxylic acids is 1. The highest BCUT2D eigenvalue weighted by Crippen LogP contribution is 2.09. The van der Waals surface area contributed by atoms with E-state index in [0.717, 1.165) is 17.9 Å². The molecule has 0 amide bonds. The summed E-state index contributed by atoms with van der Waals surface area (Å²) in [4.78, 5) is 19.3. The van der Waals surface area contributed by atoms with Gasteiger partial charge >= 0.3 is 0 Å². The molecule has 0 radical (unpaired) electrons. The smallest absolute Gasteiger partial charge is 0.131 e. The van der Waals surface area contributed by atoms with Crippen LogP contribution in [-0.4, -0.2) is 15.8 Å². The number of nitrogens with zero attached hydrogens (tertiary/aromatic N) is 2. The number of aromatic nitrogens is 2. The van der Waals surface area contributed by atoms with Crippen LogP contribution in [0.2, 0.25) is 0 Å². The molecule has 0 unspecified atom stereocenters. The maximum atomic E-state index is 10.8. The SMILES string of the molecule is CC(=O)CCc1ccnc(C(C)C)n1. The van der Waals surface area contributed by atoms with Gasteiger partial charge in [0.2, 0.25) is 0 Å². The molecule has 3 heteroatoms. The molecule has 0 N–H and O–H groups in total. The molecule has 76 valence electrons. The Morgan fingerprint density at radius 1 is 1.50 bits per heavy atom. The number of Topliss-reactive ketones (excluding diaryl/α,β-unsaturated/α-hetero) is 1. The van der Waals surface area contributed by atoms with Crippen LogP contribution in [0.25, 0.3) is 0 Å². The molecule has 1 aromatic rings. The summed E-state index contributed by atoms with van der Waals surface area (Å²) in [6.07, 6.45) is 3.05. The molecule has 1 heterocycles. The van der Waals surface area contributed by atoms with Crippen molar-refractivity contribution in [3.8, 4) is 0 Å². The minimum Gasteiger partial charge on any atom is -0.300 e. The van der Waals surface area contributed by atoms with E-state index < -0.39 is 0 Å². The first-order valence-corrected chi connectivity index (χ1v) is 4.91. The fraction of sp³-hybridized carbons (Fsp3) is 0.545. The quantitative estimate of drug-likeness (QED) is 0.733. The molecule has 14 heavy (non-hydrogen) atoms. The van der Waals surface area contributed by atoms with Crippen LogP contribution in [0.3, 0.4) is 0 Å². The Labute approximate surface area is 84.6 Å². The van der Waals surface area contributed by atoms with Crippen molar-refractivity contribution < 1.29 is 4.79 Å². The van der Waals surface area contributed by atoms with E-state index in [1.165, 1.54) is 0 Å². The fourth-order valence-corrected chi connectivity index (χ4v) is 1.13. The topological polar surface area (TPSA) is 42.9 Å². The van der Waals surface area contributed by atoms with E-state index in [-0.39, 0.29) is 5.78 Å². The van der Waals surface area contributed by atoms with Crippen molar-refractivity contribution in [2.45, 2.75) is 39.5 Å². The lowest BCUT2D eigenvalue weighted by Gasteiger charge is -2.04. The molecular weight excluding hydrogens is 176 g/mol. The second-order valence-electron chi connectivity index (χ2n) is 3.76. The highest BCUT2D eigenvalue weighted by Gasteiger charge is 2.04. The molecule has 0 aliphatic heterocycles. The van der Waals surface area contributed by atoms with Gasteiger partial charge in [-0.3, -0.25) is 0 Å². The van der Waals surface area contributed by atoms with Crippen molar-refractivity contribution in [2.75, 3.05) is 0 Å². The van der Waals surface area contributed by atoms with Gasteiger partial charge in [0.25, 0.3) is 0 Å². The lowest BCUT2D eigenvalue weighted by molar-refractivity contribution is -0.116. The van der Waals surface area contributed by atoms with E-state index in [1.54, 1.807) is 13.1 Å². The van der Waals surface area contributed by atoms with Gasteiger partial charge in [-0.1, -0.05) is 13.8 Å². The number of rotatable bonds is 4. The Balaban J connectivity index is 2.68. The second kappa shape index (κ2) is 4.84. The molecule has 3 nitrogen and oxygen atoms in total. The zero-order valence-corrected chi connectivity index (χ0v) is 8.95. The Bertz CT molecular complexity index is 321. The zero-order chi connectivity index (χ0) is 10.6. The van der Waals surface area contributed by atoms with Crippen LogP contribution in [-0.2, 0) is 11.2 Å². The highest BCUT2D eigenvalue weighted by molar-refractivity contribution is 5.75. The van der Waals surface area contributed by atoms with E-state index in [9.17, 15) is 4.79 Å². The molecule has 1 aromatic heterocycles. The minimum absolute atomic E-state index is 0.203. The van der Waals surface area contributed by atoms with Gasteiger partial charge in [-0.05, 0) is 19.4 Å². The molecule has 0 bridgehead atoms. The van der Waals surface area contributed by atoms with Crippen LogP contribution in [0.5, 0.6) is 0 Å². The molecule has 0 fully saturated rings. The van der Waals surface area contributed by atoms with Crippen LogP contribution in [0.15, 0.2) is 12.3 Å². The van der Waals surface area contributed by atoms with Gasteiger partial charge < -0.3 is 4.79 Å². The standard InChI is InChI=1S/C11H16N2O/c1-8(2)11-12-7-6-10(13-11)5-4-9(3)14/h6-8H,4-5H2,1-3H3. The van der Waals surface area contributed by atoms with E-state index in [0.29, 0.717) is 12.3 Å². The maximum Gasteiger partial charge on any atom is 0.131 e. The Morgan fingerprint density at radius 2 is 2.21 bits per heavy atom. The molecule has 0 saturated carbocycles. The summed E-state index contributed by atoms with van der Waals surface area (Å²) >= 11 is 0. The molecular formula is C11H16N2O. The Kier molecular flexibility index (Phi) is 3.74. The molecule has 0 aromatic carbocycles. The molecule has 0 aliphatic rings. The Hall–Kier alpha value is -1.25. The third-order valence-corrected chi connectivity index (χ3v) is 1.98. The first kappa shape index (κ1) is 10.8. The minimum atomic E-state index is 0.203. The third kappa shape index (κ3) is 3.24. The summed E-state index contributed by atoms with van der Waals surface area (Å²) in [6, 6.07) is 1.87. The predicted molar refractivity (Wildman–Crippen MR) is 55.1 cm³/mol. The number of hydrogen-bond acceptors (Lipinski definition) is 3. The van der Waals surface area contributed by atoms with Gasteiger partial charge in [0.15, 0.2) is 0 Å². The summed E-state index contributed by atoms with van der Waals surface area (Å²) in [5, 5.41) is 0. The third-order valence-electron chi connectivity index (χ3n) is 1.98. The molecule has 1 rings (SSSR count). The first-order valence-electron chi connectivity index (χ1n) is 4.91. The van der Waals surface area contributed by atoms with Gasteiger partial charge in [-0.25, -0.2) is 9.97 Å². The van der Waals surface area contributed by atoms with Gasteiger partial charge in [0, 0.05) is 24.2 Å². The first-order chi connectivity index (χ1) is 6.59. The van der Waals surface area contributed by atoms with Crippen molar-refractivity contribution in [1.82, 2.24) is 9.97 Å². The maximum absolute atomic E-state index is 10.8. The molecule has 0 atom stereocenters. The predicted octanol–water partition coefficient (Wildman–Crippen LogP) is 2.12. The number of ketones is 1. The summed E-state index contributed by atoms with van der Waals surface area (Å²) in [5.74, 6) is 1.40. The van der Waals surface area contributed by atoms with E-state index in [2.05, 4.69) is 23.8 Å². The molecule has 0 spiro atoms. The normalized spacial score (nSPS) is 10.6. The van der Waals surface area contributed by atoms with Crippen LogP contribution >= 0.6 is 0 Å². The van der Waals surface area contributed by atoms with Crippen LogP contribution in [0, 0.1) is 0 Å². The van der Waals surface area contributed by atoms with Crippen molar-refractivity contribution in [2.24, 2.45) is 0 Å². The lowest BCUT2D eigenvalue weighted by atomic mass is 10.1. The van der Waals surface area contributed by atoms with Gasteiger partial charge in [0.05, 0.1) is 0 Å². The lowest BCUT2D eigenvalue weighted by Crippen LogP contribution is -2.02. The van der Waals surface area contributed by atoms with E-state index >= 15 is 0 Å². The van der Waals surface area contributed by atoms with Crippen molar-refractivity contribution >= 4 is 5.78 Å². The average Bonchev–Trinajstić information content (AvgIpc) is 2.15. The summed E-state index contributed by atoms with van der Waals surface area (Å²) in [7, 11) is 0. The van der Waals surface area contributed by atoms with Crippen molar-refractivity contribution in [1.29, 1.82) is 0 Å². The van der Waals surface area contributed by atoms with Crippen molar-refractivity contribution in [3.05, 3.63) is 23.8 Å². The number of carbonyl (C=O) groups is 1. The summed E-state index contributed by atoms with van der Waals surface area (Å²) in [5.41, 5.74) is 0.957. The van der Waals surface area contributed by atoms with Gasteiger partial charge in [-0.15, -0.1) is 0 Å². The van der Waals surface area contributed by atoms with E-state index in [1.807, 2.05) is 6.07 Å². The fourth-order valence-electron chi connectivity index (χ4n) is 1.13. The van der Waals surface area contributed by atoms with Crippen LogP contribution in [0.1, 0.15) is 44.6 Å². The van der Waals surface area contributed by atoms with Crippen LogP contribution in [0.4, 0.5) is 0 Å². The monoisotopic (exact) mass is 192 g/mol. The number of aryl methyl sites for hydroxylation is 1. The van der Waals surface area contributed by atoms with Gasteiger partial charge in [-0.2, -0.15) is 0 Å². The van der Waals surface area contributed by atoms with Gasteiger partial charge in [0.1, 0.15) is 11.6 Å². The van der Waals surface area contributed by atoms with Crippen molar-refractivity contribution in [3.63, 3.8) is 0 Å². The summed E-state index contributed by atoms with van der Waals surface area (Å²) in [6.45, 7) is 5.72. The second-order valence-corrected chi connectivity index (χ2v) is 3.76. The Morgan fingerprint density at radius 3 is 2.79 bits per heavy atom. The number of hydrogen-bond donors (Lipinski definition) is 0.